The Morgan fingerprint density at radius 3 is 2.52 bits per heavy atom. The second-order valence-electron chi connectivity index (χ2n) is 7.06. The molecule has 0 bridgehead atoms. The summed E-state index contributed by atoms with van der Waals surface area (Å²) in [5.41, 5.74) is 1.86. The van der Waals surface area contributed by atoms with Crippen LogP contribution in [0.1, 0.15) is 40.3 Å². The van der Waals surface area contributed by atoms with Gasteiger partial charge in [0.25, 0.3) is 5.91 Å². The number of aromatic nitrogens is 5. The predicted molar refractivity (Wildman–Crippen MR) is 106 cm³/mol. The molecule has 1 atom stereocenters. The van der Waals surface area contributed by atoms with Crippen LogP contribution in [0, 0.1) is 6.92 Å². The third-order valence-corrected chi connectivity index (χ3v) is 4.76. The van der Waals surface area contributed by atoms with Gasteiger partial charge in [0.1, 0.15) is 23.5 Å². The van der Waals surface area contributed by atoms with E-state index in [4.69, 9.17) is 0 Å². The van der Waals surface area contributed by atoms with Gasteiger partial charge in [0.15, 0.2) is 5.65 Å². The highest BCUT2D eigenvalue weighted by Crippen LogP contribution is 2.28. The second-order valence-corrected chi connectivity index (χ2v) is 7.06. The van der Waals surface area contributed by atoms with Gasteiger partial charge in [-0.15, -0.1) is 10.2 Å². The van der Waals surface area contributed by atoms with Gasteiger partial charge in [-0.1, -0.05) is 35.9 Å². The number of pyridine rings is 1. The largest absolute Gasteiger partial charge is 0.433 e. The molecule has 31 heavy (non-hydrogen) atoms. The zero-order valence-corrected chi connectivity index (χ0v) is 16.6. The first-order valence-electron chi connectivity index (χ1n) is 9.34. The fourth-order valence-corrected chi connectivity index (χ4v) is 3.03. The lowest BCUT2D eigenvalue weighted by molar-refractivity contribution is -0.141. The first-order valence-corrected chi connectivity index (χ1v) is 9.34. The Balaban J connectivity index is 1.61. The normalized spacial score (nSPS) is 12.7. The van der Waals surface area contributed by atoms with Crippen LogP contribution in [0.4, 0.5) is 13.2 Å². The van der Waals surface area contributed by atoms with Crippen molar-refractivity contribution in [2.75, 3.05) is 0 Å². The summed E-state index contributed by atoms with van der Waals surface area (Å²) in [7, 11) is 0. The molecule has 3 aromatic heterocycles. The van der Waals surface area contributed by atoms with Crippen molar-refractivity contribution < 1.29 is 18.0 Å². The number of alkyl halides is 3. The summed E-state index contributed by atoms with van der Waals surface area (Å²) in [6, 6.07) is 10.7. The molecule has 3 heterocycles. The summed E-state index contributed by atoms with van der Waals surface area (Å²) < 4.78 is 39.8. The molecule has 10 heteroatoms. The number of carbonyl (C=O) groups excluding carboxylic acids is 1. The SMILES string of the molecule is Cc1ccc(-c2nc(C(=O)N[C@H](C)c3ccc(C(F)(F)F)nc3)cc3nncn23)cc1. The van der Waals surface area contributed by atoms with Gasteiger partial charge < -0.3 is 5.32 Å². The number of hydrogen-bond acceptors (Lipinski definition) is 5. The molecule has 7 nitrogen and oxygen atoms in total. The summed E-state index contributed by atoms with van der Waals surface area (Å²) in [5, 5.41) is 10.6. The van der Waals surface area contributed by atoms with E-state index in [0.717, 1.165) is 23.4 Å². The van der Waals surface area contributed by atoms with Gasteiger partial charge in [0.05, 0.1) is 6.04 Å². The molecule has 0 saturated heterocycles. The molecule has 4 rings (SSSR count). The van der Waals surface area contributed by atoms with E-state index in [9.17, 15) is 18.0 Å². The monoisotopic (exact) mass is 426 g/mol. The number of carbonyl (C=O) groups is 1. The molecule has 4 aromatic rings. The van der Waals surface area contributed by atoms with Crippen LogP contribution in [0.2, 0.25) is 0 Å². The highest BCUT2D eigenvalue weighted by atomic mass is 19.4. The van der Waals surface area contributed by atoms with Crippen LogP contribution in [0.25, 0.3) is 17.0 Å². The van der Waals surface area contributed by atoms with E-state index in [1.165, 1.54) is 18.5 Å². The summed E-state index contributed by atoms with van der Waals surface area (Å²) in [4.78, 5) is 20.7. The number of hydrogen-bond donors (Lipinski definition) is 1. The van der Waals surface area contributed by atoms with E-state index in [1.807, 2.05) is 31.2 Å². The van der Waals surface area contributed by atoms with Gasteiger partial charge in [0.2, 0.25) is 0 Å². The van der Waals surface area contributed by atoms with E-state index in [-0.39, 0.29) is 5.69 Å². The van der Waals surface area contributed by atoms with E-state index in [0.29, 0.717) is 17.0 Å². The van der Waals surface area contributed by atoms with Gasteiger partial charge in [-0.3, -0.25) is 14.2 Å². The van der Waals surface area contributed by atoms with Gasteiger partial charge in [-0.05, 0) is 25.5 Å². The maximum atomic E-state index is 12.8. The molecular formula is C21H17F3N6O. The van der Waals surface area contributed by atoms with Gasteiger partial charge in [-0.25, -0.2) is 4.98 Å². The standard InChI is InChI=1S/C21H17F3N6O/c1-12-3-5-14(6-4-12)19-28-16(9-18-29-26-11-30(18)19)20(31)27-13(2)15-7-8-17(25-10-15)21(22,23)24/h3-11,13H,1-2H3,(H,27,31)/t13-/m1/s1. The maximum absolute atomic E-state index is 12.8. The highest BCUT2D eigenvalue weighted by molar-refractivity contribution is 5.94. The lowest BCUT2D eigenvalue weighted by Gasteiger charge is -2.15. The van der Waals surface area contributed by atoms with E-state index < -0.39 is 23.8 Å². The second kappa shape index (κ2) is 7.78. The van der Waals surface area contributed by atoms with Gasteiger partial charge >= 0.3 is 6.18 Å². The van der Waals surface area contributed by atoms with Crippen molar-refractivity contribution >= 4 is 11.6 Å². The molecule has 0 aliphatic rings. The zero-order valence-electron chi connectivity index (χ0n) is 16.6. The number of nitrogens with one attached hydrogen (secondary N) is 1. The van der Waals surface area contributed by atoms with Crippen LogP contribution in [0.5, 0.6) is 0 Å². The molecule has 0 radical (unpaired) electrons. The summed E-state index contributed by atoms with van der Waals surface area (Å²) in [6.45, 7) is 3.62. The molecule has 0 spiro atoms. The van der Waals surface area contributed by atoms with E-state index >= 15 is 0 Å². The van der Waals surface area contributed by atoms with Crippen LogP contribution in [-0.4, -0.2) is 30.5 Å². The number of aryl methyl sites for hydroxylation is 1. The van der Waals surface area contributed by atoms with Crippen molar-refractivity contribution in [1.82, 2.24) is 29.9 Å². The van der Waals surface area contributed by atoms with Crippen LogP contribution in [0.15, 0.2) is 55.0 Å². The zero-order chi connectivity index (χ0) is 22.2. The fraction of sp³-hybridized carbons (Fsp3) is 0.190. The van der Waals surface area contributed by atoms with Gasteiger partial charge in [-0.2, -0.15) is 13.2 Å². The van der Waals surface area contributed by atoms with Crippen LogP contribution in [0.3, 0.4) is 0 Å². The number of fused-ring (bicyclic) bond motifs is 1. The smallest absolute Gasteiger partial charge is 0.344 e. The topological polar surface area (TPSA) is 85.1 Å². The molecule has 0 aliphatic heterocycles. The molecule has 0 fully saturated rings. The van der Waals surface area contributed by atoms with Crippen LogP contribution in [-0.2, 0) is 6.18 Å². The van der Waals surface area contributed by atoms with Gasteiger partial charge in [0, 0.05) is 17.8 Å². The fourth-order valence-electron chi connectivity index (χ4n) is 3.03. The van der Waals surface area contributed by atoms with Crippen molar-refractivity contribution in [3.63, 3.8) is 0 Å². The lowest BCUT2D eigenvalue weighted by atomic mass is 10.1. The number of halogens is 3. The number of benzene rings is 1. The Hall–Kier alpha value is -3.82. The lowest BCUT2D eigenvalue weighted by Crippen LogP contribution is -2.28. The molecule has 1 N–H and O–H groups in total. The molecule has 1 aromatic carbocycles. The Kier molecular flexibility index (Phi) is 5.14. The summed E-state index contributed by atoms with van der Waals surface area (Å²) >= 11 is 0. The Morgan fingerprint density at radius 2 is 1.87 bits per heavy atom. The third-order valence-electron chi connectivity index (χ3n) is 4.76. The van der Waals surface area contributed by atoms with Crippen molar-refractivity contribution in [3.05, 3.63) is 77.5 Å². The molecule has 158 valence electrons. The molecule has 0 saturated carbocycles. The average Bonchev–Trinajstić information content (AvgIpc) is 3.22. The molecule has 0 unspecified atom stereocenters. The molecule has 0 aliphatic carbocycles. The van der Waals surface area contributed by atoms with Crippen LogP contribution >= 0.6 is 0 Å². The Labute approximate surface area is 175 Å². The highest BCUT2D eigenvalue weighted by Gasteiger charge is 2.32. The van der Waals surface area contributed by atoms with Crippen molar-refractivity contribution in [2.45, 2.75) is 26.1 Å². The number of amides is 1. The third kappa shape index (κ3) is 4.23. The van der Waals surface area contributed by atoms with E-state index in [2.05, 4.69) is 25.5 Å². The minimum absolute atomic E-state index is 0.114. The number of rotatable bonds is 4. The molecular weight excluding hydrogens is 409 g/mol. The quantitative estimate of drug-likeness (QED) is 0.533. The predicted octanol–water partition coefficient (Wildman–Crippen LogP) is 4.00. The van der Waals surface area contributed by atoms with Crippen molar-refractivity contribution in [2.24, 2.45) is 0 Å². The Morgan fingerprint density at radius 1 is 1.13 bits per heavy atom. The van der Waals surface area contributed by atoms with Crippen LogP contribution < -0.4 is 5.32 Å². The average molecular weight is 426 g/mol. The summed E-state index contributed by atoms with van der Waals surface area (Å²) in [5.74, 6) is 0.00256. The summed E-state index contributed by atoms with van der Waals surface area (Å²) in [6.07, 6.45) is -1.91. The van der Waals surface area contributed by atoms with E-state index in [1.54, 1.807) is 11.3 Å². The van der Waals surface area contributed by atoms with Crippen molar-refractivity contribution in [3.8, 4) is 11.4 Å². The Bertz CT molecular complexity index is 1230. The minimum atomic E-state index is -4.52. The van der Waals surface area contributed by atoms with Crippen molar-refractivity contribution in [1.29, 1.82) is 0 Å². The maximum Gasteiger partial charge on any atom is 0.433 e. The first-order chi connectivity index (χ1) is 14.7. The molecule has 1 amide bonds. The number of nitrogens with zero attached hydrogens (tertiary/aromatic N) is 5. The minimum Gasteiger partial charge on any atom is -0.344 e. The first kappa shape index (κ1) is 20.5.